The summed E-state index contributed by atoms with van der Waals surface area (Å²) in [5, 5.41) is 8.45. The summed E-state index contributed by atoms with van der Waals surface area (Å²) in [6.07, 6.45) is 14.0. The van der Waals surface area contributed by atoms with Gasteiger partial charge in [0.15, 0.2) is 10.8 Å². The molecule has 0 unspecified atom stereocenters. The number of unbranched alkanes of at least 4 members (excludes halogenated alkanes) is 1. The van der Waals surface area contributed by atoms with E-state index in [0.29, 0.717) is 61.0 Å². The van der Waals surface area contributed by atoms with Crippen LogP contribution in [0.25, 0.3) is 15.4 Å². The van der Waals surface area contributed by atoms with E-state index in [9.17, 15) is 24.0 Å². The summed E-state index contributed by atoms with van der Waals surface area (Å²) >= 11 is 1.45. The molecular weight excluding hydrogens is 675 g/mol. The van der Waals surface area contributed by atoms with Crippen molar-refractivity contribution in [2.75, 3.05) is 37.4 Å². The number of carbonyl (C=O) groups excluding carboxylic acids is 5. The first-order valence-corrected chi connectivity index (χ1v) is 18.2. The topological polar surface area (TPSA) is 164 Å². The summed E-state index contributed by atoms with van der Waals surface area (Å²) in [4.78, 5) is 74.0. The standard InChI is InChI=1S/C36H43N7O7S/c1-3-4-20-50-36(48)43-19-9-13-27(43)32(45)38-29-22-41-21-28(51-34(41)39-29)23-14-16-25(17-15-23)37-31(44)26-12-8-18-42(26)33(46)30(40-35(47)49-2)24-10-6-5-7-11-24/h6,10-11,14-17,21-22,26-27,30H,3-5,7-9,12-13,18-20H2,1-2H3,(H,37,44)(H,38,45)(H,40,47)/t26-,27-,30+/m0/s1. The average Bonchev–Trinajstić information content (AvgIpc) is 3.95. The fourth-order valence-corrected chi connectivity index (χ4v) is 7.54. The fraction of sp³-hybridized carbons (Fsp3) is 0.444. The van der Waals surface area contributed by atoms with Crippen molar-refractivity contribution in [2.24, 2.45) is 0 Å². The van der Waals surface area contributed by atoms with Crippen LogP contribution in [0.2, 0.25) is 0 Å². The number of hydrogen-bond donors (Lipinski definition) is 3. The number of ether oxygens (including phenoxy) is 2. The predicted molar refractivity (Wildman–Crippen MR) is 192 cm³/mol. The second-order valence-corrected chi connectivity index (χ2v) is 13.7. The second-order valence-electron chi connectivity index (χ2n) is 12.7. The van der Waals surface area contributed by atoms with Crippen LogP contribution in [-0.2, 0) is 23.9 Å². The Morgan fingerprint density at radius 1 is 0.961 bits per heavy atom. The van der Waals surface area contributed by atoms with Crippen molar-refractivity contribution in [1.82, 2.24) is 24.5 Å². The molecule has 15 heteroatoms. The van der Waals surface area contributed by atoms with E-state index in [-0.39, 0.29) is 17.7 Å². The van der Waals surface area contributed by atoms with E-state index in [1.54, 1.807) is 6.20 Å². The number of nitrogens with zero attached hydrogens (tertiary/aromatic N) is 4. The summed E-state index contributed by atoms with van der Waals surface area (Å²) in [5.41, 5.74) is 2.18. The summed E-state index contributed by atoms with van der Waals surface area (Å²) in [7, 11) is 1.25. The van der Waals surface area contributed by atoms with Gasteiger partial charge >= 0.3 is 12.2 Å². The Kier molecular flexibility index (Phi) is 11.3. The molecule has 3 aromatic rings. The zero-order chi connectivity index (χ0) is 35.9. The van der Waals surface area contributed by atoms with Crippen LogP contribution in [-0.4, -0.2) is 94.0 Å². The molecular formula is C36H43N7O7S. The minimum absolute atomic E-state index is 0.287. The normalized spacial score (nSPS) is 19.1. The SMILES string of the molecule is CCCCOC(=O)N1CCC[C@H]1C(=O)Nc1cn2cc(-c3ccc(NC(=O)[C@@H]4CCCN4C(=O)[C@H](NC(=O)OC)C4=CCCC=C4)cc3)sc2n1. The molecule has 51 heavy (non-hydrogen) atoms. The lowest BCUT2D eigenvalue weighted by Gasteiger charge is -2.29. The van der Waals surface area contributed by atoms with Crippen LogP contribution in [0.15, 0.2) is 60.5 Å². The van der Waals surface area contributed by atoms with E-state index in [2.05, 4.69) is 20.9 Å². The van der Waals surface area contributed by atoms with Gasteiger partial charge in [-0.25, -0.2) is 14.6 Å². The maximum atomic E-state index is 13.7. The molecule has 1 aromatic carbocycles. The first kappa shape index (κ1) is 35.6. The number of benzene rings is 1. The number of rotatable bonds is 11. The van der Waals surface area contributed by atoms with Crippen LogP contribution in [0.3, 0.4) is 0 Å². The number of likely N-dealkylation sites (tertiary alicyclic amines) is 2. The van der Waals surface area contributed by atoms with E-state index in [0.717, 1.165) is 42.5 Å². The third-order valence-corrected chi connectivity index (χ3v) is 10.3. The Hall–Kier alpha value is -5.18. The first-order valence-electron chi connectivity index (χ1n) is 17.4. The molecule has 6 rings (SSSR count). The number of allylic oxidation sites excluding steroid dienone is 2. The van der Waals surface area contributed by atoms with E-state index >= 15 is 0 Å². The molecule has 0 bridgehead atoms. The lowest BCUT2D eigenvalue weighted by Crippen LogP contribution is -2.53. The molecule has 2 saturated heterocycles. The van der Waals surface area contributed by atoms with Crippen molar-refractivity contribution in [3.05, 3.63) is 60.5 Å². The molecule has 1 aliphatic carbocycles. The highest BCUT2D eigenvalue weighted by atomic mass is 32.1. The zero-order valence-electron chi connectivity index (χ0n) is 28.8. The quantitative estimate of drug-likeness (QED) is 0.224. The Morgan fingerprint density at radius 2 is 1.69 bits per heavy atom. The number of amides is 5. The maximum absolute atomic E-state index is 13.7. The maximum Gasteiger partial charge on any atom is 0.410 e. The lowest BCUT2D eigenvalue weighted by atomic mass is 9.98. The minimum atomic E-state index is -0.940. The van der Waals surface area contributed by atoms with Crippen molar-refractivity contribution >= 4 is 57.7 Å². The Bertz CT molecular complexity index is 1800. The Labute approximate surface area is 299 Å². The monoisotopic (exact) mass is 717 g/mol. The largest absolute Gasteiger partial charge is 0.453 e. The molecule has 3 N–H and O–H groups in total. The predicted octanol–water partition coefficient (Wildman–Crippen LogP) is 5.33. The van der Waals surface area contributed by atoms with Crippen LogP contribution in [0, 0.1) is 0 Å². The summed E-state index contributed by atoms with van der Waals surface area (Å²) in [6.45, 7) is 3.26. The molecule has 4 heterocycles. The van der Waals surface area contributed by atoms with Gasteiger partial charge in [-0.2, -0.15) is 0 Å². The molecule has 3 aliphatic rings. The number of alkyl carbamates (subject to hydrolysis) is 1. The lowest BCUT2D eigenvalue weighted by molar-refractivity contribution is -0.137. The number of thiazole rings is 1. The number of hydrogen-bond acceptors (Lipinski definition) is 9. The number of anilines is 2. The van der Waals surface area contributed by atoms with Gasteiger partial charge in [0.05, 0.1) is 24.8 Å². The van der Waals surface area contributed by atoms with Gasteiger partial charge in [-0.1, -0.05) is 55.0 Å². The summed E-state index contributed by atoms with van der Waals surface area (Å²) in [5.74, 6) is -0.526. The molecule has 2 aromatic heterocycles. The second kappa shape index (κ2) is 16.2. The molecule has 0 spiro atoms. The molecule has 0 saturated carbocycles. The van der Waals surface area contributed by atoms with Gasteiger partial charge in [-0.15, -0.1) is 0 Å². The molecule has 2 aliphatic heterocycles. The molecule has 5 amide bonds. The summed E-state index contributed by atoms with van der Waals surface area (Å²) in [6, 6.07) is 5.20. The molecule has 2 fully saturated rings. The zero-order valence-corrected chi connectivity index (χ0v) is 29.6. The van der Waals surface area contributed by atoms with E-state index in [1.165, 1.54) is 28.2 Å². The summed E-state index contributed by atoms with van der Waals surface area (Å²) < 4.78 is 11.9. The van der Waals surface area contributed by atoms with Gasteiger partial charge in [-0.3, -0.25) is 23.7 Å². The van der Waals surface area contributed by atoms with Crippen LogP contribution >= 0.6 is 11.3 Å². The molecule has 0 radical (unpaired) electrons. The third kappa shape index (κ3) is 8.25. The number of nitrogens with one attached hydrogen (secondary N) is 3. The highest BCUT2D eigenvalue weighted by Crippen LogP contribution is 2.31. The highest BCUT2D eigenvalue weighted by Gasteiger charge is 2.39. The number of fused-ring (bicyclic) bond motifs is 1. The molecule has 3 atom stereocenters. The van der Waals surface area contributed by atoms with Crippen LogP contribution in [0.5, 0.6) is 0 Å². The van der Waals surface area contributed by atoms with Crippen molar-refractivity contribution in [3.8, 4) is 10.4 Å². The molecule has 14 nitrogen and oxygen atoms in total. The number of imidazole rings is 1. The van der Waals surface area contributed by atoms with Gasteiger partial charge in [0.1, 0.15) is 18.1 Å². The third-order valence-electron chi connectivity index (χ3n) is 9.25. The highest BCUT2D eigenvalue weighted by molar-refractivity contribution is 7.20. The van der Waals surface area contributed by atoms with Crippen molar-refractivity contribution in [1.29, 1.82) is 0 Å². The van der Waals surface area contributed by atoms with Gasteiger partial charge in [0.25, 0.3) is 5.91 Å². The Balaban J connectivity index is 1.06. The van der Waals surface area contributed by atoms with E-state index < -0.39 is 30.3 Å². The number of aromatic nitrogens is 2. The average molecular weight is 718 g/mol. The molecule has 270 valence electrons. The van der Waals surface area contributed by atoms with Crippen LogP contribution < -0.4 is 16.0 Å². The van der Waals surface area contributed by atoms with E-state index in [4.69, 9.17) is 9.47 Å². The van der Waals surface area contributed by atoms with Gasteiger partial charge in [-0.05, 0) is 68.2 Å². The first-order chi connectivity index (χ1) is 24.7. The van der Waals surface area contributed by atoms with Crippen LogP contribution in [0.4, 0.5) is 21.1 Å². The fourth-order valence-electron chi connectivity index (χ4n) is 6.57. The smallest absolute Gasteiger partial charge is 0.410 e. The van der Waals surface area contributed by atoms with Gasteiger partial charge < -0.3 is 30.3 Å². The van der Waals surface area contributed by atoms with Gasteiger partial charge in [0, 0.05) is 25.0 Å². The van der Waals surface area contributed by atoms with Crippen molar-refractivity contribution in [3.63, 3.8) is 0 Å². The number of carbonyl (C=O) groups is 5. The number of methoxy groups -OCH3 is 1. The van der Waals surface area contributed by atoms with Gasteiger partial charge in [0.2, 0.25) is 11.8 Å². The van der Waals surface area contributed by atoms with E-state index in [1.807, 2.05) is 60.0 Å². The van der Waals surface area contributed by atoms with Crippen LogP contribution in [0.1, 0.15) is 58.3 Å². The Morgan fingerprint density at radius 3 is 2.37 bits per heavy atom. The van der Waals surface area contributed by atoms with Crippen molar-refractivity contribution < 1.29 is 33.4 Å². The van der Waals surface area contributed by atoms with Crippen molar-refractivity contribution in [2.45, 2.75) is 76.4 Å². The minimum Gasteiger partial charge on any atom is -0.453 e.